The Bertz CT molecular complexity index is 4340. The monoisotopic (exact) mass is 822 g/mol. The van der Waals surface area contributed by atoms with Gasteiger partial charge in [-0.15, -0.1) is 0 Å². The fourth-order valence-corrected chi connectivity index (χ4v) is 8.77. The molecule has 0 bridgehead atoms. The number of benzene rings is 10. The van der Waals surface area contributed by atoms with E-state index in [1.54, 1.807) is 12.1 Å². The Hall–Kier alpha value is -7.94. The van der Waals surface area contributed by atoms with Gasteiger partial charge in [0.05, 0.1) is 23.3 Å². The number of fused-ring (bicyclic) bond motifs is 9. The Morgan fingerprint density at radius 3 is 1.70 bits per heavy atom. The molecule has 0 fully saturated rings. The van der Waals surface area contributed by atoms with E-state index in [4.69, 9.17) is 17.1 Å². The van der Waals surface area contributed by atoms with Crippen LogP contribution < -0.4 is 9.64 Å². The maximum atomic E-state index is 9.91. The zero-order chi connectivity index (χ0) is 56.9. The molecule has 298 valence electrons. The molecular formula is C61H43NO. The molecule has 2 aliphatic rings. The maximum absolute atomic E-state index is 9.91. The molecule has 0 radical (unpaired) electrons. The molecule has 0 N–H and O–H groups in total. The minimum atomic E-state index is -0.838. The van der Waals surface area contributed by atoms with E-state index in [2.05, 4.69) is 61.2 Å². The van der Waals surface area contributed by atoms with Crippen molar-refractivity contribution in [3.05, 3.63) is 235 Å². The number of rotatable bonds is 6. The molecule has 1 aliphatic carbocycles. The summed E-state index contributed by atoms with van der Waals surface area (Å²) in [6.45, 7) is 4.41. The van der Waals surface area contributed by atoms with Gasteiger partial charge in [0.25, 0.3) is 0 Å². The van der Waals surface area contributed by atoms with Crippen LogP contribution in [0.1, 0.15) is 48.3 Å². The molecule has 0 spiro atoms. The third kappa shape index (κ3) is 6.25. The van der Waals surface area contributed by atoms with Gasteiger partial charge in [0, 0.05) is 33.6 Å². The van der Waals surface area contributed by atoms with Crippen LogP contribution in [0.4, 0.5) is 17.1 Å². The van der Waals surface area contributed by atoms with Crippen LogP contribution in [0.3, 0.4) is 0 Å². The Morgan fingerprint density at radius 1 is 0.381 bits per heavy atom. The Morgan fingerprint density at radius 2 is 0.952 bits per heavy atom. The molecule has 10 aromatic carbocycles. The molecule has 1 heterocycles. The van der Waals surface area contributed by atoms with Crippen molar-refractivity contribution in [2.24, 2.45) is 0 Å². The van der Waals surface area contributed by atoms with Crippen molar-refractivity contribution in [2.75, 3.05) is 4.90 Å². The van der Waals surface area contributed by atoms with Crippen LogP contribution in [0.15, 0.2) is 224 Å². The number of hydrogen-bond donors (Lipinski definition) is 0. The topological polar surface area (TPSA) is 12.5 Å². The summed E-state index contributed by atoms with van der Waals surface area (Å²) in [7, 11) is 0. The first kappa shape index (κ1) is 23.3. The van der Waals surface area contributed by atoms with Crippen LogP contribution in [0.5, 0.6) is 11.5 Å². The molecule has 0 unspecified atom stereocenters. The summed E-state index contributed by atoms with van der Waals surface area (Å²) in [5.41, 5.74) is 5.71. The first-order valence-electron chi connectivity index (χ1n) is 28.9. The third-order valence-corrected chi connectivity index (χ3v) is 11.9. The second kappa shape index (κ2) is 14.6. The maximum Gasteiger partial charge on any atom is 0.135 e. The first-order chi connectivity index (χ1) is 38.1. The van der Waals surface area contributed by atoms with E-state index in [1.165, 1.54) is 11.1 Å². The standard InChI is InChI=1S/C61H43NO/c1-61(2)57-20-12-11-19-52(57)53-34-31-50(39-58(53)61)62(48-27-21-42(22-28-48)40-13-5-3-6-14-40)49-29-23-43(24-30-49)47-26-33-54-51-32-25-46(41-15-7-4-8-16-41)35-55(51)56-36-44-17-9-10-18-45(44)37-60(56)63-59(54)38-47/h3-39H,1-2H3/i4D,7D,8D,9D,10D,15D,16D,17D,18D,25D,26D,32D,33D,35D,36D,37D,38D. The lowest BCUT2D eigenvalue weighted by Gasteiger charge is -2.28. The van der Waals surface area contributed by atoms with Gasteiger partial charge in [0.1, 0.15) is 11.5 Å². The fraction of sp³-hybridized carbons (Fsp3) is 0.0492. The van der Waals surface area contributed by atoms with Gasteiger partial charge in [-0.3, -0.25) is 0 Å². The molecule has 0 saturated heterocycles. The fourth-order valence-electron chi connectivity index (χ4n) is 8.77. The van der Waals surface area contributed by atoms with Gasteiger partial charge < -0.3 is 9.64 Å². The molecule has 0 atom stereocenters. The summed E-state index contributed by atoms with van der Waals surface area (Å²) < 4.78 is 161. The van der Waals surface area contributed by atoms with Crippen LogP contribution in [0, 0.1) is 0 Å². The van der Waals surface area contributed by atoms with Gasteiger partial charge in [-0.25, -0.2) is 0 Å². The van der Waals surface area contributed by atoms with E-state index in [0.717, 1.165) is 33.6 Å². The highest BCUT2D eigenvalue weighted by Gasteiger charge is 2.36. The van der Waals surface area contributed by atoms with Gasteiger partial charge in [-0.2, -0.15) is 0 Å². The minimum Gasteiger partial charge on any atom is -0.456 e. The van der Waals surface area contributed by atoms with Gasteiger partial charge >= 0.3 is 0 Å². The van der Waals surface area contributed by atoms with Crippen molar-refractivity contribution < 1.29 is 28.0 Å². The average molecular weight is 823 g/mol. The second-order valence-electron chi connectivity index (χ2n) is 16.0. The van der Waals surface area contributed by atoms with Gasteiger partial charge in [0.15, 0.2) is 0 Å². The minimum absolute atomic E-state index is 0.124. The highest BCUT2D eigenvalue weighted by molar-refractivity contribution is 5.99. The van der Waals surface area contributed by atoms with Gasteiger partial charge in [0.2, 0.25) is 0 Å². The number of hydrogen-bond acceptors (Lipinski definition) is 2. The quantitative estimate of drug-likeness (QED) is 0.166. The van der Waals surface area contributed by atoms with Crippen LogP contribution in [-0.4, -0.2) is 0 Å². The van der Waals surface area contributed by atoms with E-state index < -0.39 is 158 Å². The lowest BCUT2D eigenvalue weighted by atomic mass is 9.82. The lowest BCUT2D eigenvalue weighted by molar-refractivity contribution is 0.488. The van der Waals surface area contributed by atoms with Gasteiger partial charge in [-0.1, -0.05) is 171 Å². The summed E-state index contributed by atoms with van der Waals surface area (Å²) in [5, 5.41) is -0.925. The zero-order valence-corrected chi connectivity index (χ0v) is 33.9. The van der Waals surface area contributed by atoms with Crippen LogP contribution in [-0.2, 0) is 5.41 Å². The highest BCUT2D eigenvalue weighted by Crippen LogP contribution is 2.52. The molecule has 12 rings (SSSR count). The SMILES string of the molecule is [2H]c1c([2H])c([2H])c(-c2c([2H])c([2H])c3c(c2[2H])-c2c(c([2H])c4c([2H])c([2H])c([2H])c([2H])c4c2[2H])Oc2c([2H])c(-c4ccc(N(c5ccc(-c6ccccc6)cc5)c5ccc6c(c5)C(C)(C)c5ccccc5-6)cc4)c([2H])c([2H])c2-3)c([2H])c1[2H]. The number of nitrogens with zero attached hydrogens (tertiary/aromatic N) is 1. The smallest absolute Gasteiger partial charge is 0.135 e. The normalized spacial score (nSPS) is 16.6. The molecule has 10 aromatic rings. The first-order valence-corrected chi connectivity index (χ1v) is 20.4. The predicted molar refractivity (Wildman–Crippen MR) is 263 cm³/mol. The van der Waals surface area contributed by atoms with Gasteiger partial charge in [-0.05, 0) is 144 Å². The number of ether oxygens (including phenoxy) is 1. The number of anilines is 3. The summed E-state index contributed by atoms with van der Waals surface area (Å²) in [5.74, 6) is -1.14. The molecule has 0 amide bonds. The van der Waals surface area contributed by atoms with Crippen molar-refractivity contribution in [1.82, 2.24) is 0 Å². The van der Waals surface area contributed by atoms with Crippen LogP contribution in [0.25, 0.3) is 77.5 Å². The van der Waals surface area contributed by atoms with E-state index >= 15 is 0 Å². The van der Waals surface area contributed by atoms with E-state index in [-0.39, 0.29) is 16.5 Å². The molecule has 1 aliphatic heterocycles. The highest BCUT2D eigenvalue weighted by atomic mass is 16.5. The molecular weight excluding hydrogens is 763 g/mol. The predicted octanol–water partition coefficient (Wildman–Crippen LogP) is 17.1. The summed E-state index contributed by atoms with van der Waals surface area (Å²) in [6.07, 6.45) is 0. The Balaban J connectivity index is 1.08. The van der Waals surface area contributed by atoms with Crippen molar-refractivity contribution >= 4 is 27.8 Å². The molecule has 0 saturated carbocycles. The molecule has 0 aromatic heterocycles. The van der Waals surface area contributed by atoms with E-state index in [1.807, 2.05) is 66.7 Å². The van der Waals surface area contributed by atoms with E-state index in [0.29, 0.717) is 5.69 Å². The largest absolute Gasteiger partial charge is 0.456 e. The van der Waals surface area contributed by atoms with Crippen molar-refractivity contribution in [1.29, 1.82) is 0 Å². The van der Waals surface area contributed by atoms with Crippen molar-refractivity contribution in [2.45, 2.75) is 19.3 Å². The molecule has 2 nitrogen and oxygen atoms in total. The molecule has 2 heteroatoms. The van der Waals surface area contributed by atoms with Crippen molar-refractivity contribution in [3.8, 4) is 78.3 Å². The van der Waals surface area contributed by atoms with E-state index in [9.17, 15) is 11.0 Å². The Labute approximate surface area is 392 Å². The summed E-state index contributed by atoms with van der Waals surface area (Å²) in [4.78, 5) is 2.10. The third-order valence-electron chi connectivity index (χ3n) is 11.9. The van der Waals surface area contributed by atoms with Crippen LogP contribution in [0.2, 0.25) is 0 Å². The van der Waals surface area contributed by atoms with Crippen molar-refractivity contribution in [3.63, 3.8) is 0 Å². The second-order valence-corrected chi connectivity index (χ2v) is 16.0. The summed E-state index contributed by atoms with van der Waals surface area (Å²) >= 11 is 0. The van der Waals surface area contributed by atoms with Crippen LogP contribution >= 0.6 is 0 Å². The molecule has 63 heavy (non-hydrogen) atoms. The Kier molecular flexibility index (Phi) is 5.41. The summed E-state index contributed by atoms with van der Waals surface area (Å²) in [6, 6.07) is 27.5. The average Bonchev–Trinajstić information content (AvgIpc) is 2.43. The lowest BCUT2D eigenvalue weighted by Crippen LogP contribution is -2.16. The zero-order valence-electron chi connectivity index (χ0n) is 50.9.